The Morgan fingerprint density at radius 1 is 1.14 bits per heavy atom. The number of benzene rings is 2. The fourth-order valence-corrected chi connectivity index (χ4v) is 4.35. The Morgan fingerprint density at radius 3 is 2.75 bits per heavy atom. The maximum atomic E-state index is 12.2. The number of hydrazone groups is 1. The van der Waals surface area contributed by atoms with E-state index in [1.807, 2.05) is 18.2 Å². The van der Waals surface area contributed by atoms with Crippen LogP contribution in [0.2, 0.25) is 0 Å². The average Bonchev–Trinajstić information content (AvgIpc) is 2.71. The molecule has 1 aliphatic heterocycles. The number of anilines is 2. The van der Waals surface area contributed by atoms with Gasteiger partial charge in [-0.3, -0.25) is 0 Å². The number of rotatable bonds is 5. The molecular weight excluding hydrogens is 396 g/mol. The van der Waals surface area contributed by atoms with Gasteiger partial charge in [-0.1, -0.05) is 36.0 Å². The lowest BCUT2D eigenvalue weighted by Gasteiger charge is -2.19. The Bertz CT molecular complexity index is 1150. The number of fused-ring (bicyclic) bond motifs is 2. The summed E-state index contributed by atoms with van der Waals surface area (Å²) >= 11 is 1.53. The van der Waals surface area contributed by atoms with E-state index in [1.54, 1.807) is 30.6 Å². The Labute approximate surface area is 166 Å². The second-order valence-electron chi connectivity index (χ2n) is 5.96. The smallest absolute Gasteiger partial charge is 0.276 e. The van der Waals surface area contributed by atoms with Crippen LogP contribution in [-0.2, 0) is 16.4 Å². The molecule has 28 heavy (non-hydrogen) atoms. The lowest BCUT2D eigenvalue weighted by molar-refractivity contribution is 0.584. The van der Waals surface area contributed by atoms with Gasteiger partial charge in [-0.05, 0) is 29.8 Å². The summed E-state index contributed by atoms with van der Waals surface area (Å²) in [5.74, 6) is 0.859. The molecule has 3 aromatic rings. The zero-order valence-corrected chi connectivity index (χ0v) is 16.2. The van der Waals surface area contributed by atoms with E-state index in [4.69, 9.17) is 5.73 Å². The van der Waals surface area contributed by atoms with Crippen LogP contribution in [0.5, 0.6) is 0 Å². The minimum absolute atomic E-state index is 0.126. The van der Waals surface area contributed by atoms with E-state index in [2.05, 4.69) is 25.2 Å². The SMILES string of the molecule is N/C(Cc1ccc2c(c1)Nc1nccnc1S2)=N\NS(=O)(=O)c1ccccc1. The quantitative estimate of drug-likeness (QED) is 0.261. The van der Waals surface area contributed by atoms with E-state index in [0.29, 0.717) is 12.2 Å². The summed E-state index contributed by atoms with van der Waals surface area (Å²) < 4.78 is 24.4. The van der Waals surface area contributed by atoms with Crippen molar-refractivity contribution in [3.05, 3.63) is 66.5 Å². The molecule has 0 atom stereocenters. The minimum atomic E-state index is -3.74. The molecule has 0 unspecified atom stereocenters. The predicted molar refractivity (Wildman–Crippen MR) is 108 cm³/mol. The maximum Gasteiger partial charge on any atom is 0.276 e. The summed E-state index contributed by atoms with van der Waals surface area (Å²) in [5, 5.41) is 7.89. The molecule has 0 aliphatic carbocycles. The van der Waals surface area contributed by atoms with Crippen molar-refractivity contribution < 1.29 is 8.42 Å². The molecule has 2 aromatic carbocycles. The molecule has 2 heterocycles. The molecule has 8 nitrogen and oxygen atoms in total. The highest BCUT2D eigenvalue weighted by atomic mass is 32.2. The van der Waals surface area contributed by atoms with Crippen molar-refractivity contribution >= 4 is 39.1 Å². The third-order valence-electron chi connectivity index (χ3n) is 3.92. The van der Waals surface area contributed by atoms with Crippen molar-refractivity contribution in [2.75, 3.05) is 5.32 Å². The van der Waals surface area contributed by atoms with E-state index < -0.39 is 10.0 Å². The number of nitrogens with zero attached hydrogens (tertiary/aromatic N) is 3. The van der Waals surface area contributed by atoms with Crippen LogP contribution in [0.3, 0.4) is 0 Å². The van der Waals surface area contributed by atoms with Gasteiger partial charge in [0.05, 0.1) is 10.6 Å². The van der Waals surface area contributed by atoms with Crippen LogP contribution >= 0.6 is 11.8 Å². The van der Waals surface area contributed by atoms with Gasteiger partial charge in [0.25, 0.3) is 10.0 Å². The van der Waals surface area contributed by atoms with Crippen LogP contribution in [0.1, 0.15) is 5.56 Å². The lowest BCUT2D eigenvalue weighted by Crippen LogP contribution is -2.24. The zero-order valence-electron chi connectivity index (χ0n) is 14.5. The molecule has 142 valence electrons. The summed E-state index contributed by atoms with van der Waals surface area (Å²) in [4.78, 5) is 11.9. The van der Waals surface area contributed by atoms with Gasteiger partial charge in [0.2, 0.25) is 0 Å². The average molecular weight is 413 g/mol. The number of nitrogens with one attached hydrogen (secondary N) is 2. The highest BCUT2D eigenvalue weighted by Crippen LogP contribution is 2.41. The zero-order chi connectivity index (χ0) is 19.6. The first kappa shape index (κ1) is 18.3. The fourth-order valence-electron chi connectivity index (χ4n) is 2.61. The maximum absolute atomic E-state index is 12.2. The first-order chi connectivity index (χ1) is 13.5. The van der Waals surface area contributed by atoms with Gasteiger partial charge in [-0.25, -0.2) is 9.97 Å². The van der Waals surface area contributed by atoms with Gasteiger partial charge in [-0.2, -0.15) is 18.4 Å². The molecule has 0 amide bonds. The molecule has 0 spiro atoms. The highest BCUT2D eigenvalue weighted by molar-refractivity contribution is 7.99. The molecule has 0 fully saturated rings. The Hall–Kier alpha value is -3.11. The van der Waals surface area contributed by atoms with Crippen molar-refractivity contribution in [2.24, 2.45) is 10.8 Å². The van der Waals surface area contributed by atoms with Crippen molar-refractivity contribution in [2.45, 2.75) is 21.2 Å². The number of amidine groups is 1. The topological polar surface area (TPSA) is 122 Å². The van der Waals surface area contributed by atoms with E-state index >= 15 is 0 Å². The third kappa shape index (κ3) is 3.92. The van der Waals surface area contributed by atoms with Gasteiger partial charge in [-0.15, -0.1) is 0 Å². The van der Waals surface area contributed by atoms with Crippen molar-refractivity contribution in [1.82, 2.24) is 14.8 Å². The third-order valence-corrected chi connectivity index (χ3v) is 6.21. The van der Waals surface area contributed by atoms with Crippen LogP contribution in [0.25, 0.3) is 0 Å². The molecule has 0 saturated heterocycles. The standard InChI is InChI=1S/C18H16N6O2S2/c19-16(23-24-28(25,26)13-4-2-1-3-5-13)11-12-6-7-15-14(10-12)22-17-18(27-15)21-9-8-20-17/h1-10,24H,11H2,(H2,19,23)(H,20,22). The number of hydrogen-bond donors (Lipinski definition) is 3. The van der Waals surface area contributed by atoms with E-state index in [-0.39, 0.29) is 10.7 Å². The van der Waals surface area contributed by atoms with E-state index in [9.17, 15) is 8.42 Å². The first-order valence-electron chi connectivity index (χ1n) is 8.29. The largest absolute Gasteiger partial charge is 0.385 e. The number of nitrogens with two attached hydrogens (primary N) is 1. The summed E-state index contributed by atoms with van der Waals surface area (Å²) in [6.07, 6.45) is 3.58. The Balaban J connectivity index is 1.47. The fraction of sp³-hybridized carbons (Fsp3) is 0.0556. The summed E-state index contributed by atoms with van der Waals surface area (Å²) in [6.45, 7) is 0. The predicted octanol–water partition coefficient (Wildman–Crippen LogP) is 2.48. The summed E-state index contributed by atoms with van der Waals surface area (Å²) in [7, 11) is -3.74. The van der Waals surface area contributed by atoms with Crippen molar-refractivity contribution in [1.29, 1.82) is 0 Å². The van der Waals surface area contributed by atoms with Gasteiger partial charge in [0, 0.05) is 23.7 Å². The molecule has 1 aliphatic rings. The van der Waals surface area contributed by atoms with Gasteiger partial charge >= 0.3 is 0 Å². The molecule has 10 heteroatoms. The Morgan fingerprint density at radius 2 is 1.93 bits per heavy atom. The minimum Gasteiger partial charge on any atom is -0.385 e. The van der Waals surface area contributed by atoms with Crippen LogP contribution in [-0.4, -0.2) is 24.2 Å². The van der Waals surface area contributed by atoms with Crippen LogP contribution in [0.4, 0.5) is 11.5 Å². The highest BCUT2D eigenvalue weighted by Gasteiger charge is 2.18. The molecule has 0 radical (unpaired) electrons. The monoisotopic (exact) mass is 412 g/mol. The van der Waals surface area contributed by atoms with E-state index in [1.165, 1.54) is 23.9 Å². The molecule has 4 N–H and O–H groups in total. The molecule has 0 bridgehead atoms. The molecule has 4 rings (SSSR count). The van der Waals surface area contributed by atoms with Crippen molar-refractivity contribution in [3.63, 3.8) is 0 Å². The normalized spacial score (nSPS) is 13.2. The second kappa shape index (κ2) is 7.49. The summed E-state index contributed by atoms with van der Waals surface area (Å²) in [5.41, 5.74) is 7.70. The van der Waals surface area contributed by atoms with Crippen molar-refractivity contribution in [3.8, 4) is 0 Å². The number of hydrogen-bond acceptors (Lipinski definition) is 7. The van der Waals surface area contributed by atoms with Crippen LogP contribution in [0.15, 0.2) is 80.8 Å². The molecule has 1 aromatic heterocycles. The number of aromatic nitrogens is 2. The van der Waals surface area contributed by atoms with Crippen LogP contribution in [0, 0.1) is 0 Å². The molecule has 0 saturated carbocycles. The first-order valence-corrected chi connectivity index (χ1v) is 10.6. The van der Waals surface area contributed by atoms with Crippen LogP contribution < -0.4 is 15.9 Å². The number of sulfonamides is 1. The summed E-state index contributed by atoms with van der Waals surface area (Å²) in [6, 6.07) is 13.8. The van der Waals surface area contributed by atoms with Gasteiger partial charge in [0.1, 0.15) is 10.9 Å². The lowest BCUT2D eigenvalue weighted by atomic mass is 10.1. The van der Waals surface area contributed by atoms with Gasteiger partial charge < -0.3 is 11.1 Å². The Kier molecular flexibility index (Phi) is 4.88. The van der Waals surface area contributed by atoms with Gasteiger partial charge in [0.15, 0.2) is 5.82 Å². The second-order valence-corrected chi connectivity index (χ2v) is 8.65. The van der Waals surface area contributed by atoms with E-state index in [0.717, 1.165) is 21.2 Å². The molecular formula is C18H16N6O2S2.